The van der Waals surface area contributed by atoms with Gasteiger partial charge in [-0.05, 0) is 56.1 Å². The molecule has 0 atom stereocenters. The summed E-state index contributed by atoms with van der Waals surface area (Å²) in [6.45, 7) is 4.21. The molecule has 1 aliphatic rings. The summed E-state index contributed by atoms with van der Waals surface area (Å²) in [7, 11) is 0. The number of carboxylic acid groups (broad SMARTS) is 1. The number of carboxylic acids is 1. The number of nitrogens with zero attached hydrogens (tertiary/aromatic N) is 1. The Labute approximate surface area is 121 Å². The first kappa shape index (κ1) is 15.0. The number of aromatic nitrogens is 1. The summed E-state index contributed by atoms with van der Waals surface area (Å²) in [6, 6.07) is 2.07. The van der Waals surface area contributed by atoms with Crippen molar-refractivity contribution in [2.75, 3.05) is 0 Å². The first-order chi connectivity index (χ1) is 9.55. The maximum absolute atomic E-state index is 11.8. The van der Waals surface area contributed by atoms with Crippen LogP contribution >= 0.6 is 0 Å². The Hall–Kier alpha value is -1.38. The zero-order chi connectivity index (χ0) is 14.6. The third-order valence-corrected chi connectivity index (χ3v) is 4.69. The minimum atomic E-state index is -0.631. The molecule has 1 heterocycles. The molecule has 110 valence electrons. The molecule has 0 amide bonds. The molecule has 1 saturated carbocycles. The zero-order valence-corrected chi connectivity index (χ0v) is 12.6. The Morgan fingerprint density at radius 3 is 2.65 bits per heavy atom. The molecule has 0 radical (unpaired) electrons. The highest BCUT2D eigenvalue weighted by Crippen LogP contribution is 2.43. The number of hydrogen-bond donors (Lipinski definition) is 1. The molecule has 3 nitrogen and oxygen atoms in total. The molecule has 0 aliphatic heterocycles. The lowest BCUT2D eigenvalue weighted by molar-refractivity contribution is -0.151. The highest BCUT2D eigenvalue weighted by molar-refractivity contribution is 5.75. The Balaban J connectivity index is 2.10. The fourth-order valence-electron chi connectivity index (χ4n) is 3.50. The maximum Gasteiger partial charge on any atom is 0.309 e. The molecule has 1 fully saturated rings. The summed E-state index contributed by atoms with van der Waals surface area (Å²) in [4.78, 5) is 16.0. The summed E-state index contributed by atoms with van der Waals surface area (Å²) < 4.78 is 0. The lowest BCUT2D eigenvalue weighted by Gasteiger charge is -2.37. The van der Waals surface area contributed by atoms with Crippen LogP contribution in [0.4, 0.5) is 0 Å². The number of hydrogen-bond acceptors (Lipinski definition) is 2. The molecule has 3 heteroatoms. The second-order valence-corrected chi connectivity index (χ2v) is 6.36. The lowest BCUT2D eigenvalue weighted by Crippen LogP contribution is -2.37. The maximum atomic E-state index is 11.8. The van der Waals surface area contributed by atoms with Gasteiger partial charge in [0.1, 0.15) is 0 Å². The molecule has 1 aliphatic carbocycles. The van der Waals surface area contributed by atoms with Crippen LogP contribution < -0.4 is 0 Å². The van der Waals surface area contributed by atoms with Crippen LogP contribution in [0, 0.1) is 18.3 Å². The fraction of sp³-hybridized carbons (Fsp3) is 0.647. The van der Waals surface area contributed by atoms with Gasteiger partial charge in [-0.1, -0.05) is 25.8 Å². The van der Waals surface area contributed by atoms with Crippen LogP contribution in [-0.2, 0) is 11.2 Å². The van der Waals surface area contributed by atoms with Gasteiger partial charge in [-0.3, -0.25) is 9.78 Å². The average Bonchev–Trinajstić information content (AvgIpc) is 2.41. The molecule has 1 aromatic rings. The van der Waals surface area contributed by atoms with Crippen LogP contribution in [0.1, 0.15) is 56.6 Å². The Morgan fingerprint density at radius 2 is 2.10 bits per heavy atom. The second kappa shape index (κ2) is 6.38. The van der Waals surface area contributed by atoms with Crippen molar-refractivity contribution >= 4 is 5.97 Å². The monoisotopic (exact) mass is 275 g/mol. The van der Waals surface area contributed by atoms with Gasteiger partial charge >= 0.3 is 5.97 Å². The predicted octanol–water partition coefficient (Wildman–Crippen LogP) is 3.99. The van der Waals surface area contributed by atoms with E-state index in [1.807, 2.05) is 19.3 Å². The highest BCUT2D eigenvalue weighted by atomic mass is 16.4. The molecule has 0 bridgehead atoms. The van der Waals surface area contributed by atoms with E-state index < -0.39 is 11.4 Å². The summed E-state index contributed by atoms with van der Waals surface area (Å²) in [5, 5.41) is 9.72. The van der Waals surface area contributed by atoms with Gasteiger partial charge in [0.2, 0.25) is 0 Å². The lowest BCUT2D eigenvalue weighted by atomic mass is 9.67. The largest absolute Gasteiger partial charge is 0.481 e. The van der Waals surface area contributed by atoms with Gasteiger partial charge in [0.15, 0.2) is 0 Å². The number of rotatable bonds is 5. The Kier molecular flexibility index (Phi) is 4.79. The van der Waals surface area contributed by atoms with E-state index in [4.69, 9.17) is 0 Å². The van der Waals surface area contributed by atoms with Crippen LogP contribution in [0.25, 0.3) is 0 Å². The van der Waals surface area contributed by atoms with E-state index in [1.165, 1.54) is 12.8 Å². The molecule has 1 N–H and O–H groups in total. The van der Waals surface area contributed by atoms with E-state index in [0.29, 0.717) is 6.42 Å². The van der Waals surface area contributed by atoms with E-state index in [9.17, 15) is 9.90 Å². The van der Waals surface area contributed by atoms with E-state index in [-0.39, 0.29) is 0 Å². The predicted molar refractivity (Wildman–Crippen MR) is 79.6 cm³/mol. The molecule has 0 saturated heterocycles. The SMILES string of the molecule is CCCC1CCC(Cc2cncc(C)c2)(C(=O)O)CC1. The molecule has 20 heavy (non-hydrogen) atoms. The highest BCUT2D eigenvalue weighted by Gasteiger charge is 2.41. The van der Waals surface area contributed by atoms with Crippen molar-refractivity contribution in [1.29, 1.82) is 0 Å². The van der Waals surface area contributed by atoms with Gasteiger partial charge in [-0.2, -0.15) is 0 Å². The molecular formula is C17H25NO2. The third kappa shape index (κ3) is 3.38. The quantitative estimate of drug-likeness (QED) is 0.883. The van der Waals surface area contributed by atoms with Crippen LogP contribution in [-0.4, -0.2) is 16.1 Å². The molecule has 1 aromatic heterocycles. The van der Waals surface area contributed by atoms with E-state index >= 15 is 0 Å². The van der Waals surface area contributed by atoms with Crippen molar-refractivity contribution in [2.24, 2.45) is 11.3 Å². The zero-order valence-electron chi connectivity index (χ0n) is 12.6. The van der Waals surface area contributed by atoms with Crippen molar-refractivity contribution in [2.45, 2.75) is 58.8 Å². The number of pyridine rings is 1. The van der Waals surface area contributed by atoms with Gasteiger partial charge in [0.25, 0.3) is 0 Å². The van der Waals surface area contributed by atoms with Crippen molar-refractivity contribution in [3.63, 3.8) is 0 Å². The van der Waals surface area contributed by atoms with Crippen molar-refractivity contribution in [1.82, 2.24) is 4.98 Å². The van der Waals surface area contributed by atoms with Crippen LogP contribution in [0.2, 0.25) is 0 Å². The molecular weight excluding hydrogens is 250 g/mol. The van der Waals surface area contributed by atoms with Crippen LogP contribution in [0.15, 0.2) is 18.5 Å². The topological polar surface area (TPSA) is 50.2 Å². The van der Waals surface area contributed by atoms with Crippen LogP contribution in [0.5, 0.6) is 0 Å². The summed E-state index contributed by atoms with van der Waals surface area (Å²) in [5.74, 6) is 0.0945. The van der Waals surface area contributed by atoms with Crippen molar-refractivity contribution in [3.8, 4) is 0 Å². The average molecular weight is 275 g/mol. The van der Waals surface area contributed by atoms with Crippen molar-refractivity contribution < 1.29 is 9.90 Å². The third-order valence-electron chi connectivity index (χ3n) is 4.69. The van der Waals surface area contributed by atoms with Gasteiger partial charge < -0.3 is 5.11 Å². The molecule has 0 aromatic carbocycles. The van der Waals surface area contributed by atoms with E-state index in [2.05, 4.69) is 18.0 Å². The van der Waals surface area contributed by atoms with Gasteiger partial charge in [0, 0.05) is 12.4 Å². The Bertz CT molecular complexity index is 462. The second-order valence-electron chi connectivity index (χ2n) is 6.36. The molecule has 0 unspecified atom stereocenters. The molecule has 0 spiro atoms. The standard InChI is InChI=1S/C17H25NO2/c1-3-4-14-5-7-17(8-6-14,16(19)20)10-15-9-13(2)11-18-12-15/h9,11-12,14H,3-8,10H2,1-2H3,(H,19,20). The van der Waals surface area contributed by atoms with Gasteiger partial charge in [0.05, 0.1) is 5.41 Å². The first-order valence-electron chi connectivity index (χ1n) is 7.69. The summed E-state index contributed by atoms with van der Waals surface area (Å²) in [6.07, 6.45) is 10.4. The smallest absolute Gasteiger partial charge is 0.309 e. The first-order valence-corrected chi connectivity index (χ1v) is 7.69. The van der Waals surface area contributed by atoms with E-state index in [1.54, 1.807) is 0 Å². The number of carbonyl (C=O) groups is 1. The normalized spacial score (nSPS) is 26.4. The molecule has 2 rings (SSSR count). The van der Waals surface area contributed by atoms with Crippen LogP contribution in [0.3, 0.4) is 0 Å². The minimum absolute atomic E-state index is 0.570. The number of aliphatic carboxylic acids is 1. The fourth-order valence-corrected chi connectivity index (χ4v) is 3.50. The van der Waals surface area contributed by atoms with Gasteiger partial charge in [-0.25, -0.2) is 0 Å². The summed E-state index contributed by atoms with van der Waals surface area (Å²) in [5.41, 5.74) is 1.59. The minimum Gasteiger partial charge on any atom is -0.481 e. The van der Waals surface area contributed by atoms with Gasteiger partial charge in [-0.15, -0.1) is 0 Å². The Morgan fingerprint density at radius 1 is 1.40 bits per heavy atom. The van der Waals surface area contributed by atoms with Crippen molar-refractivity contribution in [3.05, 3.63) is 29.6 Å². The number of aryl methyl sites for hydroxylation is 1. The van der Waals surface area contributed by atoms with E-state index in [0.717, 1.165) is 42.7 Å². The summed E-state index contributed by atoms with van der Waals surface area (Å²) >= 11 is 0.